The molecule has 0 unspecified atom stereocenters. The standard InChI is InChI=1S/C23H26N2O5.ClH/c1-24-8-10-25(11-9-24)13-17-19(26)5-7-21-22(17)18(14-30-21)23(27)16-12-15(28-2)4-6-20(16)29-3;/h4-7,12,14,26H,8-11,13H2,1-3H3;1H. The molecule has 1 fully saturated rings. The molecule has 0 amide bonds. The number of phenolic OH excluding ortho intramolecular Hbond substituents is 1. The first-order valence-corrected chi connectivity index (χ1v) is 9.91. The minimum absolute atomic E-state index is 0. The number of likely N-dealkylation sites (N-methyl/N-ethyl adjacent to an activating group) is 1. The van der Waals surface area contributed by atoms with Crippen molar-refractivity contribution in [2.45, 2.75) is 6.54 Å². The topological polar surface area (TPSA) is 75.4 Å². The number of aromatic hydroxyl groups is 1. The zero-order valence-corrected chi connectivity index (χ0v) is 18.7. The van der Waals surface area contributed by atoms with Gasteiger partial charge in [0.2, 0.25) is 5.78 Å². The van der Waals surface area contributed by atoms with E-state index in [-0.39, 0.29) is 23.9 Å². The molecule has 31 heavy (non-hydrogen) atoms. The summed E-state index contributed by atoms with van der Waals surface area (Å²) in [5.74, 6) is 0.938. The number of methoxy groups -OCH3 is 2. The number of halogens is 1. The Bertz CT molecular complexity index is 1070. The number of nitrogens with zero attached hydrogens (tertiary/aromatic N) is 2. The number of carbonyl (C=O) groups is 1. The second kappa shape index (κ2) is 9.60. The fraction of sp³-hybridized carbons (Fsp3) is 0.348. The first-order chi connectivity index (χ1) is 14.5. The number of furan rings is 1. The Labute approximate surface area is 187 Å². The highest BCUT2D eigenvalue weighted by molar-refractivity contribution is 6.18. The molecule has 7 nitrogen and oxygen atoms in total. The number of benzene rings is 2. The summed E-state index contributed by atoms with van der Waals surface area (Å²) in [4.78, 5) is 18.0. The number of hydrogen-bond donors (Lipinski definition) is 1. The van der Waals surface area contributed by atoms with Crippen LogP contribution in [0.1, 0.15) is 21.5 Å². The molecule has 1 aromatic heterocycles. The molecule has 3 aromatic rings. The average molecular weight is 447 g/mol. The van der Waals surface area contributed by atoms with Crippen LogP contribution in [0.3, 0.4) is 0 Å². The van der Waals surface area contributed by atoms with Gasteiger partial charge in [-0.25, -0.2) is 0 Å². The van der Waals surface area contributed by atoms with Gasteiger partial charge in [-0.05, 0) is 37.4 Å². The molecule has 1 N–H and O–H groups in total. The highest BCUT2D eigenvalue weighted by Gasteiger charge is 2.25. The number of phenols is 1. The SMILES string of the molecule is COc1ccc(OC)c(C(=O)c2coc3ccc(O)c(CN4CCN(C)CC4)c23)c1.Cl. The van der Waals surface area contributed by atoms with E-state index >= 15 is 0 Å². The maximum Gasteiger partial charge on any atom is 0.200 e. The molecule has 0 saturated carbocycles. The smallest absolute Gasteiger partial charge is 0.200 e. The first-order valence-electron chi connectivity index (χ1n) is 9.91. The fourth-order valence-electron chi connectivity index (χ4n) is 3.88. The summed E-state index contributed by atoms with van der Waals surface area (Å²) in [6.07, 6.45) is 1.46. The Kier molecular flexibility index (Phi) is 7.10. The van der Waals surface area contributed by atoms with Crippen LogP contribution in [-0.4, -0.2) is 68.1 Å². The number of hydrogen-bond acceptors (Lipinski definition) is 7. The molecule has 2 aromatic carbocycles. The number of fused-ring (bicyclic) bond motifs is 1. The van der Waals surface area contributed by atoms with E-state index in [0.717, 1.165) is 26.2 Å². The van der Waals surface area contributed by atoms with Crippen LogP contribution in [0.2, 0.25) is 0 Å². The van der Waals surface area contributed by atoms with Gasteiger partial charge in [0, 0.05) is 43.7 Å². The van der Waals surface area contributed by atoms with Crippen LogP contribution in [-0.2, 0) is 6.54 Å². The van der Waals surface area contributed by atoms with Crippen LogP contribution in [0.15, 0.2) is 41.0 Å². The van der Waals surface area contributed by atoms with E-state index < -0.39 is 0 Å². The van der Waals surface area contributed by atoms with Crippen molar-refractivity contribution in [3.05, 3.63) is 53.3 Å². The summed E-state index contributed by atoms with van der Waals surface area (Å²) in [5, 5.41) is 11.3. The van der Waals surface area contributed by atoms with Gasteiger partial charge in [-0.1, -0.05) is 0 Å². The lowest BCUT2D eigenvalue weighted by Crippen LogP contribution is -2.43. The third-order valence-electron chi connectivity index (χ3n) is 5.70. The molecule has 8 heteroatoms. The Morgan fingerprint density at radius 2 is 1.81 bits per heavy atom. The van der Waals surface area contributed by atoms with Crippen molar-refractivity contribution >= 4 is 29.2 Å². The van der Waals surface area contributed by atoms with Crippen LogP contribution in [0.25, 0.3) is 11.0 Å². The normalized spacial score (nSPS) is 14.9. The molecule has 4 rings (SSSR count). The van der Waals surface area contributed by atoms with Crippen molar-refractivity contribution in [2.75, 3.05) is 47.4 Å². The molecule has 166 valence electrons. The highest BCUT2D eigenvalue weighted by Crippen LogP contribution is 2.35. The van der Waals surface area contributed by atoms with Crippen LogP contribution in [0, 0.1) is 0 Å². The van der Waals surface area contributed by atoms with Crippen LogP contribution >= 0.6 is 12.4 Å². The van der Waals surface area contributed by atoms with Gasteiger partial charge < -0.3 is 23.9 Å². The monoisotopic (exact) mass is 446 g/mol. The number of ether oxygens (including phenoxy) is 2. The van der Waals surface area contributed by atoms with E-state index in [1.807, 2.05) is 0 Å². The number of carbonyl (C=O) groups excluding carboxylic acids is 1. The summed E-state index contributed by atoms with van der Waals surface area (Å²) in [6, 6.07) is 8.42. The lowest BCUT2D eigenvalue weighted by Gasteiger charge is -2.32. The molecule has 1 aliphatic heterocycles. The van der Waals surface area contributed by atoms with Gasteiger partial charge in [0.1, 0.15) is 29.1 Å². The van der Waals surface area contributed by atoms with Crippen molar-refractivity contribution in [2.24, 2.45) is 0 Å². The number of ketones is 1. The molecular weight excluding hydrogens is 420 g/mol. The summed E-state index contributed by atoms with van der Waals surface area (Å²) in [7, 11) is 5.18. The molecule has 0 atom stereocenters. The molecule has 1 aliphatic rings. The molecule has 0 bridgehead atoms. The predicted octanol–water partition coefficient (Wildman–Crippen LogP) is 3.56. The minimum atomic E-state index is -0.241. The summed E-state index contributed by atoms with van der Waals surface area (Å²) < 4.78 is 16.4. The van der Waals surface area contributed by atoms with Crippen LogP contribution in [0.5, 0.6) is 17.2 Å². The maximum absolute atomic E-state index is 13.5. The zero-order valence-electron chi connectivity index (χ0n) is 17.9. The van der Waals surface area contributed by atoms with Crippen LogP contribution in [0.4, 0.5) is 0 Å². The lowest BCUT2D eigenvalue weighted by molar-refractivity contribution is 0.103. The van der Waals surface area contributed by atoms with E-state index in [2.05, 4.69) is 16.8 Å². The van der Waals surface area contributed by atoms with Crippen molar-refractivity contribution in [3.8, 4) is 17.2 Å². The zero-order chi connectivity index (χ0) is 21.3. The van der Waals surface area contributed by atoms with Gasteiger partial charge >= 0.3 is 0 Å². The molecule has 0 aliphatic carbocycles. The first kappa shape index (κ1) is 22.9. The molecule has 0 radical (unpaired) electrons. The van der Waals surface area contributed by atoms with Gasteiger partial charge in [-0.3, -0.25) is 9.69 Å². The Hall–Kier alpha value is -2.74. The molecule has 2 heterocycles. The summed E-state index contributed by atoms with van der Waals surface area (Å²) in [5.41, 5.74) is 2.06. The van der Waals surface area contributed by atoms with E-state index in [9.17, 15) is 9.90 Å². The van der Waals surface area contributed by atoms with Crippen molar-refractivity contribution in [1.29, 1.82) is 0 Å². The van der Waals surface area contributed by atoms with E-state index in [0.29, 0.717) is 45.7 Å². The van der Waals surface area contributed by atoms with Gasteiger partial charge in [-0.15, -0.1) is 12.4 Å². The Morgan fingerprint density at radius 3 is 2.48 bits per heavy atom. The Balaban J connectivity index is 0.00000272. The predicted molar refractivity (Wildman–Crippen MR) is 121 cm³/mol. The summed E-state index contributed by atoms with van der Waals surface area (Å²) >= 11 is 0. The lowest BCUT2D eigenvalue weighted by atomic mass is 9.97. The van der Waals surface area contributed by atoms with Crippen LogP contribution < -0.4 is 9.47 Å². The second-order valence-corrected chi connectivity index (χ2v) is 7.56. The van der Waals surface area contributed by atoms with Crippen molar-refractivity contribution < 1.29 is 23.8 Å². The van der Waals surface area contributed by atoms with Gasteiger partial charge in [-0.2, -0.15) is 0 Å². The quantitative estimate of drug-likeness (QED) is 0.580. The van der Waals surface area contributed by atoms with Crippen molar-refractivity contribution in [1.82, 2.24) is 9.80 Å². The van der Waals surface area contributed by atoms with Gasteiger partial charge in [0.05, 0.1) is 25.3 Å². The fourth-order valence-corrected chi connectivity index (χ4v) is 3.88. The average Bonchev–Trinajstić information content (AvgIpc) is 3.20. The van der Waals surface area contributed by atoms with Crippen molar-refractivity contribution in [3.63, 3.8) is 0 Å². The highest BCUT2D eigenvalue weighted by atomic mass is 35.5. The number of rotatable bonds is 6. The largest absolute Gasteiger partial charge is 0.508 e. The molecule has 0 spiro atoms. The van der Waals surface area contributed by atoms with E-state index in [1.54, 1.807) is 37.4 Å². The molecular formula is C23H27ClN2O5. The van der Waals surface area contributed by atoms with E-state index in [4.69, 9.17) is 13.9 Å². The summed E-state index contributed by atoms with van der Waals surface area (Å²) in [6.45, 7) is 4.28. The minimum Gasteiger partial charge on any atom is -0.508 e. The second-order valence-electron chi connectivity index (χ2n) is 7.56. The third-order valence-corrected chi connectivity index (χ3v) is 5.70. The van der Waals surface area contributed by atoms with E-state index in [1.165, 1.54) is 13.4 Å². The van der Waals surface area contributed by atoms with Gasteiger partial charge in [0.25, 0.3) is 0 Å². The number of piperazine rings is 1. The molecule has 1 saturated heterocycles. The Morgan fingerprint density at radius 1 is 1.06 bits per heavy atom. The maximum atomic E-state index is 13.5. The third kappa shape index (κ3) is 4.49. The van der Waals surface area contributed by atoms with Gasteiger partial charge in [0.15, 0.2) is 0 Å².